The SMILES string of the molecule is [C-]#[N+]CC1(c2cccc(Br)c2)CC1. The molecule has 1 aliphatic carbocycles. The van der Waals surface area contributed by atoms with E-state index in [0.29, 0.717) is 6.54 Å². The molecule has 0 bridgehead atoms. The van der Waals surface area contributed by atoms with Gasteiger partial charge in [-0.3, -0.25) is 0 Å². The Hall–Kier alpha value is -0.810. The lowest BCUT2D eigenvalue weighted by Gasteiger charge is -2.08. The quantitative estimate of drug-likeness (QED) is 0.693. The Morgan fingerprint density at radius 1 is 1.46 bits per heavy atom. The van der Waals surface area contributed by atoms with Gasteiger partial charge in [-0.05, 0) is 30.5 Å². The van der Waals surface area contributed by atoms with Gasteiger partial charge in [0.15, 0.2) is 0 Å². The summed E-state index contributed by atoms with van der Waals surface area (Å²) in [7, 11) is 0. The van der Waals surface area contributed by atoms with Crippen molar-refractivity contribution < 1.29 is 0 Å². The molecule has 13 heavy (non-hydrogen) atoms. The van der Waals surface area contributed by atoms with Crippen molar-refractivity contribution in [3.63, 3.8) is 0 Å². The van der Waals surface area contributed by atoms with E-state index in [-0.39, 0.29) is 5.41 Å². The predicted octanol–water partition coefficient (Wildman–Crippen LogP) is 3.40. The Morgan fingerprint density at radius 2 is 2.23 bits per heavy atom. The molecule has 2 rings (SSSR count). The summed E-state index contributed by atoms with van der Waals surface area (Å²) in [6.07, 6.45) is 2.34. The van der Waals surface area contributed by atoms with E-state index in [1.54, 1.807) is 0 Å². The predicted molar refractivity (Wildman–Crippen MR) is 56.5 cm³/mol. The minimum absolute atomic E-state index is 0.200. The first-order chi connectivity index (χ1) is 6.27. The Balaban J connectivity index is 2.31. The molecule has 0 saturated heterocycles. The van der Waals surface area contributed by atoms with Crippen LogP contribution in [0.2, 0.25) is 0 Å². The summed E-state index contributed by atoms with van der Waals surface area (Å²) in [6.45, 7) is 7.56. The zero-order valence-corrected chi connectivity index (χ0v) is 8.84. The molecule has 0 aliphatic heterocycles. The largest absolute Gasteiger partial charge is 0.316 e. The Bertz CT molecular complexity index is 361. The van der Waals surface area contributed by atoms with Gasteiger partial charge in [-0.15, -0.1) is 0 Å². The first-order valence-corrected chi connectivity index (χ1v) is 5.15. The van der Waals surface area contributed by atoms with Crippen LogP contribution in [0.1, 0.15) is 18.4 Å². The van der Waals surface area contributed by atoms with Crippen LogP contribution in [0.3, 0.4) is 0 Å². The van der Waals surface area contributed by atoms with Crippen molar-refractivity contribution in [3.05, 3.63) is 45.7 Å². The van der Waals surface area contributed by atoms with Crippen molar-refractivity contribution in [2.75, 3.05) is 6.54 Å². The smallest absolute Gasteiger partial charge is 0.224 e. The highest BCUT2D eigenvalue weighted by molar-refractivity contribution is 9.10. The third kappa shape index (κ3) is 1.62. The van der Waals surface area contributed by atoms with Crippen molar-refractivity contribution >= 4 is 15.9 Å². The Morgan fingerprint density at radius 3 is 2.77 bits per heavy atom. The van der Waals surface area contributed by atoms with E-state index in [9.17, 15) is 0 Å². The van der Waals surface area contributed by atoms with E-state index in [0.717, 1.165) is 4.47 Å². The van der Waals surface area contributed by atoms with Gasteiger partial charge in [0.1, 0.15) is 0 Å². The molecule has 1 saturated carbocycles. The summed E-state index contributed by atoms with van der Waals surface area (Å²) in [6, 6.07) is 8.34. The topological polar surface area (TPSA) is 4.36 Å². The number of hydrogen-bond donors (Lipinski definition) is 0. The van der Waals surface area contributed by atoms with Gasteiger partial charge >= 0.3 is 0 Å². The van der Waals surface area contributed by atoms with Crippen LogP contribution in [0.4, 0.5) is 0 Å². The number of halogens is 1. The van der Waals surface area contributed by atoms with Crippen LogP contribution in [-0.4, -0.2) is 6.54 Å². The van der Waals surface area contributed by atoms with Crippen LogP contribution in [0.25, 0.3) is 4.85 Å². The molecule has 2 heteroatoms. The molecule has 1 aromatic rings. The van der Waals surface area contributed by atoms with Crippen LogP contribution in [0, 0.1) is 6.57 Å². The number of rotatable bonds is 2. The second-order valence-electron chi connectivity index (χ2n) is 3.61. The van der Waals surface area contributed by atoms with Gasteiger partial charge in [0.05, 0.1) is 5.41 Å². The zero-order chi connectivity index (χ0) is 9.31. The average Bonchev–Trinajstić information content (AvgIpc) is 2.86. The second kappa shape index (κ2) is 3.16. The Labute approximate surface area is 86.7 Å². The monoisotopic (exact) mass is 235 g/mol. The molecule has 0 radical (unpaired) electrons. The van der Waals surface area contributed by atoms with Crippen LogP contribution in [-0.2, 0) is 5.41 Å². The second-order valence-corrected chi connectivity index (χ2v) is 4.52. The van der Waals surface area contributed by atoms with Gasteiger partial charge in [0.25, 0.3) is 0 Å². The maximum atomic E-state index is 6.91. The van der Waals surface area contributed by atoms with E-state index >= 15 is 0 Å². The minimum atomic E-state index is 0.200. The normalized spacial score (nSPS) is 17.8. The molecule has 0 atom stereocenters. The molecule has 1 nitrogen and oxygen atoms in total. The first kappa shape index (κ1) is 8.77. The molecule has 1 aliphatic rings. The molecule has 0 N–H and O–H groups in total. The van der Waals surface area contributed by atoms with Gasteiger partial charge in [-0.2, -0.15) is 0 Å². The maximum Gasteiger partial charge on any atom is 0.224 e. The molecule has 1 aromatic carbocycles. The van der Waals surface area contributed by atoms with E-state index in [1.807, 2.05) is 12.1 Å². The van der Waals surface area contributed by atoms with Gasteiger partial charge in [-0.25, -0.2) is 6.57 Å². The zero-order valence-electron chi connectivity index (χ0n) is 7.26. The average molecular weight is 236 g/mol. The van der Waals surface area contributed by atoms with E-state index in [1.165, 1.54) is 18.4 Å². The molecular weight excluding hydrogens is 226 g/mol. The lowest BCUT2D eigenvalue weighted by molar-refractivity contribution is 0.757. The van der Waals surface area contributed by atoms with Gasteiger partial charge in [0, 0.05) is 4.47 Å². The lowest BCUT2D eigenvalue weighted by Crippen LogP contribution is -2.09. The molecule has 0 amide bonds. The van der Waals surface area contributed by atoms with E-state index in [4.69, 9.17) is 6.57 Å². The fourth-order valence-corrected chi connectivity index (χ4v) is 2.06. The molecule has 0 spiro atoms. The highest BCUT2D eigenvalue weighted by Gasteiger charge is 2.47. The highest BCUT2D eigenvalue weighted by Crippen LogP contribution is 2.48. The van der Waals surface area contributed by atoms with Gasteiger partial charge in [-0.1, -0.05) is 28.1 Å². The van der Waals surface area contributed by atoms with Crippen molar-refractivity contribution in [1.82, 2.24) is 0 Å². The fraction of sp³-hybridized carbons (Fsp3) is 0.364. The summed E-state index contributed by atoms with van der Waals surface area (Å²) < 4.78 is 1.11. The summed E-state index contributed by atoms with van der Waals surface area (Å²) in [5.41, 5.74) is 1.52. The third-order valence-corrected chi connectivity index (χ3v) is 3.17. The summed E-state index contributed by atoms with van der Waals surface area (Å²) >= 11 is 3.46. The first-order valence-electron chi connectivity index (χ1n) is 4.36. The van der Waals surface area contributed by atoms with Crippen molar-refractivity contribution in [1.29, 1.82) is 0 Å². The van der Waals surface area contributed by atoms with Crippen molar-refractivity contribution in [2.24, 2.45) is 0 Å². The minimum Gasteiger partial charge on any atom is -0.316 e. The Kier molecular flexibility index (Phi) is 2.13. The van der Waals surface area contributed by atoms with E-state index < -0.39 is 0 Å². The summed E-state index contributed by atoms with van der Waals surface area (Å²) in [4.78, 5) is 3.51. The van der Waals surface area contributed by atoms with Crippen molar-refractivity contribution in [2.45, 2.75) is 18.3 Å². The number of hydrogen-bond acceptors (Lipinski definition) is 0. The van der Waals surface area contributed by atoms with Crippen molar-refractivity contribution in [3.8, 4) is 0 Å². The van der Waals surface area contributed by atoms with Crippen LogP contribution < -0.4 is 0 Å². The maximum absolute atomic E-state index is 6.91. The fourth-order valence-electron chi connectivity index (χ4n) is 1.66. The molecule has 0 heterocycles. The summed E-state index contributed by atoms with van der Waals surface area (Å²) in [5.74, 6) is 0. The number of benzene rings is 1. The van der Waals surface area contributed by atoms with Crippen LogP contribution in [0.15, 0.2) is 28.7 Å². The third-order valence-electron chi connectivity index (χ3n) is 2.67. The number of nitrogens with zero attached hydrogens (tertiary/aromatic N) is 1. The molecule has 1 fully saturated rings. The highest BCUT2D eigenvalue weighted by atomic mass is 79.9. The standard InChI is InChI=1S/C11H10BrN/c1-13-8-11(5-6-11)9-3-2-4-10(12)7-9/h2-4,7H,5-6,8H2. The molecule has 66 valence electrons. The molecule has 0 unspecified atom stereocenters. The summed E-state index contributed by atoms with van der Waals surface area (Å²) in [5, 5.41) is 0. The van der Waals surface area contributed by atoms with Crippen LogP contribution >= 0.6 is 15.9 Å². The molecular formula is C11H10BrN. The van der Waals surface area contributed by atoms with Gasteiger partial charge < -0.3 is 4.85 Å². The van der Waals surface area contributed by atoms with Crippen LogP contribution in [0.5, 0.6) is 0 Å². The van der Waals surface area contributed by atoms with E-state index in [2.05, 4.69) is 32.9 Å². The van der Waals surface area contributed by atoms with Gasteiger partial charge in [0.2, 0.25) is 6.54 Å². The lowest BCUT2D eigenvalue weighted by atomic mass is 9.96. The molecule has 0 aromatic heterocycles.